The summed E-state index contributed by atoms with van der Waals surface area (Å²) < 4.78 is 5.66. The lowest BCUT2D eigenvalue weighted by molar-refractivity contribution is 0.0999. The molecule has 1 aromatic carbocycles. The average molecular weight is 313 g/mol. The number of ether oxygens (including phenoxy) is 1. The van der Waals surface area contributed by atoms with E-state index in [1.165, 1.54) is 11.1 Å². The number of amides is 2. The Bertz CT molecular complexity index is 758. The standard InChI is InChI=1S/C16H15N3O4/c17-15(20)11-2-4-14(18-8-11)23-13-3-1-12-9-19(16(21)22)6-5-10(12)7-13/h1-4,7-8H,5-6,9H2,(H2,17,20)(H,21,22). The van der Waals surface area contributed by atoms with Gasteiger partial charge < -0.3 is 20.5 Å². The number of carbonyl (C=O) groups is 2. The molecule has 7 nitrogen and oxygen atoms in total. The number of fused-ring (bicyclic) bond motifs is 1. The third-order valence-corrected chi connectivity index (χ3v) is 3.70. The Kier molecular flexibility index (Phi) is 3.84. The fourth-order valence-electron chi connectivity index (χ4n) is 2.46. The molecule has 1 aliphatic heterocycles. The van der Waals surface area contributed by atoms with Gasteiger partial charge in [-0.05, 0) is 35.7 Å². The molecule has 2 heterocycles. The van der Waals surface area contributed by atoms with Gasteiger partial charge in [0.25, 0.3) is 0 Å². The molecule has 3 rings (SSSR count). The molecule has 1 aliphatic rings. The predicted octanol–water partition coefficient (Wildman–Crippen LogP) is 2.01. The molecule has 23 heavy (non-hydrogen) atoms. The van der Waals surface area contributed by atoms with Crippen molar-refractivity contribution in [3.8, 4) is 11.6 Å². The molecular weight excluding hydrogens is 298 g/mol. The molecule has 0 spiro atoms. The van der Waals surface area contributed by atoms with E-state index in [0.29, 0.717) is 36.7 Å². The molecule has 2 aromatic rings. The van der Waals surface area contributed by atoms with Gasteiger partial charge in [-0.2, -0.15) is 0 Å². The zero-order chi connectivity index (χ0) is 16.4. The van der Waals surface area contributed by atoms with Crippen LogP contribution in [0.5, 0.6) is 11.6 Å². The van der Waals surface area contributed by atoms with Crippen LogP contribution in [-0.4, -0.2) is 33.5 Å². The number of primary amides is 1. The summed E-state index contributed by atoms with van der Waals surface area (Å²) in [5.41, 5.74) is 7.51. The van der Waals surface area contributed by atoms with Crippen molar-refractivity contribution in [2.75, 3.05) is 6.54 Å². The van der Waals surface area contributed by atoms with Crippen LogP contribution >= 0.6 is 0 Å². The Morgan fingerprint density at radius 3 is 2.70 bits per heavy atom. The molecule has 0 atom stereocenters. The number of hydrogen-bond donors (Lipinski definition) is 2. The van der Waals surface area contributed by atoms with Gasteiger partial charge in [-0.1, -0.05) is 6.07 Å². The van der Waals surface area contributed by atoms with Crippen LogP contribution in [-0.2, 0) is 13.0 Å². The van der Waals surface area contributed by atoms with Gasteiger partial charge in [0.2, 0.25) is 11.8 Å². The van der Waals surface area contributed by atoms with E-state index in [1.54, 1.807) is 18.2 Å². The highest BCUT2D eigenvalue weighted by Crippen LogP contribution is 2.26. The Hall–Kier alpha value is -3.09. The predicted molar refractivity (Wildman–Crippen MR) is 81.4 cm³/mol. The lowest BCUT2D eigenvalue weighted by Gasteiger charge is -2.26. The number of benzene rings is 1. The molecule has 0 fully saturated rings. The molecule has 118 valence electrons. The number of rotatable bonds is 3. The largest absolute Gasteiger partial charge is 0.465 e. The van der Waals surface area contributed by atoms with Crippen LogP contribution in [0.2, 0.25) is 0 Å². The number of carboxylic acid groups (broad SMARTS) is 1. The lowest BCUT2D eigenvalue weighted by Crippen LogP contribution is -2.34. The summed E-state index contributed by atoms with van der Waals surface area (Å²) in [6.45, 7) is 0.855. The zero-order valence-electron chi connectivity index (χ0n) is 12.2. The second-order valence-electron chi connectivity index (χ2n) is 5.24. The molecule has 3 N–H and O–H groups in total. The smallest absolute Gasteiger partial charge is 0.407 e. The van der Waals surface area contributed by atoms with Gasteiger partial charge in [-0.15, -0.1) is 0 Å². The first-order valence-electron chi connectivity index (χ1n) is 7.06. The van der Waals surface area contributed by atoms with Crippen molar-refractivity contribution in [2.24, 2.45) is 5.73 Å². The number of nitrogens with zero attached hydrogens (tertiary/aromatic N) is 2. The highest BCUT2D eigenvalue weighted by molar-refractivity contribution is 5.92. The molecule has 1 aromatic heterocycles. The molecule has 2 amide bonds. The number of hydrogen-bond acceptors (Lipinski definition) is 4. The first-order chi connectivity index (χ1) is 11.0. The van der Waals surface area contributed by atoms with E-state index < -0.39 is 12.0 Å². The maximum Gasteiger partial charge on any atom is 0.407 e. The molecular formula is C16H15N3O4. The van der Waals surface area contributed by atoms with E-state index in [9.17, 15) is 9.59 Å². The monoisotopic (exact) mass is 313 g/mol. The topological polar surface area (TPSA) is 106 Å². The minimum Gasteiger partial charge on any atom is -0.465 e. The summed E-state index contributed by atoms with van der Waals surface area (Å²) in [6, 6.07) is 8.64. The van der Waals surface area contributed by atoms with Crippen LogP contribution in [0.3, 0.4) is 0 Å². The van der Waals surface area contributed by atoms with Crippen LogP contribution in [0, 0.1) is 0 Å². The van der Waals surface area contributed by atoms with Crippen molar-refractivity contribution in [3.63, 3.8) is 0 Å². The van der Waals surface area contributed by atoms with Crippen molar-refractivity contribution in [2.45, 2.75) is 13.0 Å². The second kappa shape index (κ2) is 5.96. The summed E-state index contributed by atoms with van der Waals surface area (Å²) in [4.78, 5) is 27.4. The Morgan fingerprint density at radius 2 is 2.04 bits per heavy atom. The zero-order valence-corrected chi connectivity index (χ0v) is 12.2. The minimum absolute atomic E-state index is 0.316. The summed E-state index contributed by atoms with van der Waals surface area (Å²) in [6.07, 6.45) is 1.10. The van der Waals surface area contributed by atoms with E-state index in [0.717, 1.165) is 11.1 Å². The van der Waals surface area contributed by atoms with Crippen molar-refractivity contribution in [3.05, 3.63) is 53.2 Å². The van der Waals surface area contributed by atoms with Gasteiger partial charge in [-0.25, -0.2) is 9.78 Å². The summed E-state index contributed by atoms with van der Waals surface area (Å²) in [5.74, 6) is 0.436. The van der Waals surface area contributed by atoms with E-state index >= 15 is 0 Å². The van der Waals surface area contributed by atoms with E-state index in [4.69, 9.17) is 15.6 Å². The molecule has 0 saturated heterocycles. The average Bonchev–Trinajstić information content (AvgIpc) is 2.54. The van der Waals surface area contributed by atoms with Crippen molar-refractivity contribution >= 4 is 12.0 Å². The maximum atomic E-state index is 11.0. The van der Waals surface area contributed by atoms with Crippen LogP contribution in [0.25, 0.3) is 0 Å². The summed E-state index contributed by atoms with van der Waals surface area (Å²) in [5, 5.41) is 9.03. The Morgan fingerprint density at radius 1 is 1.22 bits per heavy atom. The fourth-order valence-corrected chi connectivity index (χ4v) is 2.46. The SMILES string of the molecule is NC(=O)c1ccc(Oc2ccc3c(c2)CCN(C(=O)O)C3)nc1. The lowest BCUT2D eigenvalue weighted by atomic mass is 10.00. The first-order valence-corrected chi connectivity index (χ1v) is 7.06. The Labute approximate surface area is 132 Å². The maximum absolute atomic E-state index is 11.0. The van der Waals surface area contributed by atoms with Crippen molar-refractivity contribution < 1.29 is 19.4 Å². The van der Waals surface area contributed by atoms with Crippen molar-refractivity contribution in [1.29, 1.82) is 0 Å². The minimum atomic E-state index is -0.908. The summed E-state index contributed by atoms with van der Waals surface area (Å²) >= 11 is 0. The second-order valence-corrected chi connectivity index (χ2v) is 5.24. The highest BCUT2D eigenvalue weighted by Gasteiger charge is 2.20. The van der Waals surface area contributed by atoms with Gasteiger partial charge in [0.1, 0.15) is 5.75 Å². The Balaban J connectivity index is 1.75. The quantitative estimate of drug-likeness (QED) is 0.901. The van der Waals surface area contributed by atoms with Gasteiger partial charge in [0.15, 0.2) is 0 Å². The molecule has 7 heteroatoms. The number of pyridine rings is 1. The number of nitrogens with two attached hydrogens (primary N) is 1. The van der Waals surface area contributed by atoms with E-state index in [-0.39, 0.29) is 0 Å². The van der Waals surface area contributed by atoms with Gasteiger partial charge in [0.05, 0.1) is 5.56 Å². The molecule has 0 unspecified atom stereocenters. The van der Waals surface area contributed by atoms with Crippen LogP contribution < -0.4 is 10.5 Å². The third-order valence-electron chi connectivity index (χ3n) is 3.70. The number of carbonyl (C=O) groups excluding carboxylic acids is 1. The van der Waals surface area contributed by atoms with Crippen LogP contribution in [0.15, 0.2) is 36.5 Å². The molecule has 0 saturated carbocycles. The summed E-state index contributed by atoms with van der Waals surface area (Å²) in [7, 11) is 0. The third kappa shape index (κ3) is 3.23. The van der Waals surface area contributed by atoms with E-state index in [1.807, 2.05) is 12.1 Å². The normalized spacial score (nSPS) is 13.3. The molecule has 0 aliphatic carbocycles. The van der Waals surface area contributed by atoms with Crippen molar-refractivity contribution in [1.82, 2.24) is 9.88 Å². The van der Waals surface area contributed by atoms with Crippen LogP contribution in [0.4, 0.5) is 4.79 Å². The van der Waals surface area contributed by atoms with Gasteiger partial charge in [0, 0.05) is 25.4 Å². The van der Waals surface area contributed by atoms with E-state index in [2.05, 4.69) is 4.98 Å². The fraction of sp³-hybridized carbons (Fsp3) is 0.188. The molecule has 0 radical (unpaired) electrons. The number of aromatic nitrogens is 1. The van der Waals surface area contributed by atoms with Gasteiger partial charge >= 0.3 is 6.09 Å². The molecule has 0 bridgehead atoms. The van der Waals surface area contributed by atoms with Crippen LogP contribution in [0.1, 0.15) is 21.5 Å². The van der Waals surface area contributed by atoms with Gasteiger partial charge in [-0.3, -0.25) is 4.79 Å². The highest BCUT2D eigenvalue weighted by atomic mass is 16.5. The first kappa shape index (κ1) is 14.8.